The topological polar surface area (TPSA) is 71.1 Å². The van der Waals surface area contributed by atoms with Gasteiger partial charge in [-0.3, -0.25) is 0 Å². The molecule has 106 valence electrons. The quantitative estimate of drug-likeness (QED) is 0.685. The van der Waals surface area contributed by atoms with Crippen molar-refractivity contribution >= 4 is 11.9 Å². The minimum absolute atomic E-state index is 0.295. The Balaban J connectivity index is 1.83. The third-order valence-corrected chi connectivity index (χ3v) is 4.38. The highest BCUT2D eigenvalue weighted by Gasteiger charge is 2.65. The van der Waals surface area contributed by atoms with Crippen LogP contribution in [0.15, 0.2) is 0 Å². The predicted molar refractivity (Wildman–Crippen MR) is 62.0 cm³/mol. The van der Waals surface area contributed by atoms with Crippen LogP contribution >= 0.6 is 0 Å². The van der Waals surface area contributed by atoms with Crippen molar-refractivity contribution in [3.05, 3.63) is 0 Å². The highest BCUT2D eigenvalue weighted by molar-refractivity contribution is 5.86. The molecule has 19 heavy (non-hydrogen) atoms. The molecule has 1 heterocycles. The fourth-order valence-corrected chi connectivity index (χ4v) is 3.35. The zero-order valence-corrected chi connectivity index (χ0v) is 11.1. The van der Waals surface area contributed by atoms with Gasteiger partial charge in [-0.25, -0.2) is 9.59 Å². The lowest BCUT2D eigenvalue weighted by molar-refractivity contribution is -0.211. The van der Waals surface area contributed by atoms with Crippen molar-refractivity contribution < 1.29 is 28.5 Å². The number of esters is 2. The number of rotatable bonds is 2. The van der Waals surface area contributed by atoms with Gasteiger partial charge in [-0.15, -0.1) is 0 Å². The second-order valence-corrected chi connectivity index (χ2v) is 5.43. The van der Waals surface area contributed by atoms with Gasteiger partial charge in [-0.2, -0.15) is 0 Å². The molecule has 1 spiro atoms. The minimum atomic E-state index is -1.02. The molecule has 0 radical (unpaired) electrons. The van der Waals surface area contributed by atoms with E-state index in [-0.39, 0.29) is 0 Å². The largest absolute Gasteiger partial charge is 0.467 e. The predicted octanol–water partition coefficient (Wildman–Crippen LogP) is 0.633. The SMILES string of the molecule is COC(=O)[C@H]1OC2(CCC[C@@H]3C[C@@H]32)O[C@@H]1C(=O)OC. The van der Waals surface area contributed by atoms with Gasteiger partial charge < -0.3 is 18.9 Å². The maximum absolute atomic E-state index is 11.8. The number of carbonyl (C=O) groups is 2. The lowest BCUT2D eigenvalue weighted by Crippen LogP contribution is -2.38. The van der Waals surface area contributed by atoms with Crippen LogP contribution in [0.4, 0.5) is 0 Å². The molecule has 6 nitrogen and oxygen atoms in total. The van der Waals surface area contributed by atoms with E-state index < -0.39 is 29.9 Å². The van der Waals surface area contributed by atoms with E-state index in [1.807, 2.05) is 0 Å². The van der Waals surface area contributed by atoms with Crippen LogP contribution in [-0.2, 0) is 28.5 Å². The van der Waals surface area contributed by atoms with E-state index in [2.05, 4.69) is 0 Å². The third kappa shape index (κ3) is 1.94. The van der Waals surface area contributed by atoms with Crippen molar-refractivity contribution in [3.8, 4) is 0 Å². The summed E-state index contributed by atoms with van der Waals surface area (Å²) in [7, 11) is 2.54. The molecule has 6 heteroatoms. The Kier molecular flexibility index (Phi) is 3.02. The van der Waals surface area contributed by atoms with Crippen LogP contribution in [0.2, 0.25) is 0 Å². The average Bonchev–Trinajstić information content (AvgIpc) is 3.14. The first-order chi connectivity index (χ1) is 9.11. The first-order valence-corrected chi connectivity index (χ1v) is 6.62. The minimum Gasteiger partial charge on any atom is -0.467 e. The van der Waals surface area contributed by atoms with Crippen LogP contribution in [0.1, 0.15) is 25.7 Å². The van der Waals surface area contributed by atoms with Gasteiger partial charge in [-0.05, 0) is 25.2 Å². The summed E-state index contributed by atoms with van der Waals surface area (Å²) in [5, 5.41) is 0. The molecule has 2 aliphatic carbocycles. The average molecular weight is 270 g/mol. The van der Waals surface area contributed by atoms with Crippen LogP contribution in [0.5, 0.6) is 0 Å². The van der Waals surface area contributed by atoms with Crippen molar-refractivity contribution in [1.82, 2.24) is 0 Å². The molecule has 0 unspecified atom stereocenters. The molecule has 4 atom stereocenters. The number of carbonyl (C=O) groups excluding carboxylic acids is 2. The molecule has 3 rings (SSSR count). The molecule has 2 saturated carbocycles. The fourth-order valence-electron chi connectivity index (χ4n) is 3.35. The van der Waals surface area contributed by atoms with E-state index in [4.69, 9.17) is 18.9 Å². The second kappa shape index (κ2) is 4.45. The fraction of sp³-hybridized carbons (Fsp3) is 0.846. The first kappa shape index (κ1) is 12.9. The Morgan fingerprint density at radius 1 is 1.11 bits per heavy atom. The lowest BCUT2D eigenvalue weighted by Gasteiger charge is -2.31. The van der Waals surface area contributed by atoms with E-state index in [1.54, 1.807) is 0 Å². The van der Waals surface area contributed by atoms with E-state index in [1.165, 1.54) is 20.6 Å². The number of fused-ring (bicyclic) bond motifs is 2. The summed E-state index contributed by atoms with van der Waals surface area (Å²) in [5.74, 6) is -1.07. The van der Waals surface area contributed by atoms with Gasteiger partial charge in [0.1, 0.15) is 0 Å². The Morgan fingerprint density at radius 3 is 2.21 bits per heavy atom. The van der Waals surface area contributed by atoms with Crippen molar-refractivity contribution in [1.29, 1.82) is 0 Å². The maximum atomic E-state index is 11.8. The van der Waals surface area contributed by atoms with E-state index in [9.17, 15) is 9.59 Å². The van der Waals surface area contributed by atoms with Gasteiger partial charge in [0.25, 0.3) is 0 Å². The molecule has 0 bridgehead atoms. The molecule has 0 aromatic carbocycles. The van der Waals surface area contributed by atoms with Crippen molar-refractivity contribution in [2.75, 3.05) is 14.2 Å². The smallest absolute Gasteiger partial charge is 0.338 e. The highest BCUT2D eigenvalue weighted by Crippen LogP contribution is 2.59. The summed E-state index contributed by atoms with van der Waals surface area (Å²) in [5.41, 5.74) is 0. The molecule has 3 fully saturated rings. The molecule has 0 amide bonds. The van der Waals surface area contributed by atoms with Crippen molar-refractivity contribution in [3.63, 3.8) is 0 Å². The standard InChI is InChI=1S/C13H18O6/c1-16-11(14)9-10(12(15)17-2)19-13(18-9)5-3-4-7-6-8(7)13/h7-10H,3-6H2,1-2H3/t7-,8+,9+,10+/m1/s1. The van der Waals surface area contributed by atoms with Crippen molar-refractivity contribution in [2.24, 2.45) is 11.8 Å². The zero-order valence-electron chi connectivity index (χ0n) is 11.1. The van der Waals surface area contributed by atoms with Crippen LogP contribution in [0.3, 0.4) is 0 Å². The van der Waals surface area contributed by atoms with Gasteiger partial charge in [0.2, 0.25) is 0 Å². The lowest BCUT2D eigenvalue weighted by atomic mass is 9.94. The normalized spacial score (nSPS) is 38.6. The Hall–Kier alpha value is -1.14. The summed E-state index contributed by atoms with van der Waals surface area (Å²) >= 11 is 0. The molecule has 1 aliphatic heterocycles. The maximum Gasteiger partial charge on any atom is 0.338 e. The second-order valence-electron chi connectivity index (χ2n) is 5.43. The van der Waals surface area contributed by atoms with Crippen molar-refractivity contribution in [2.45, 2.75) is 43.7 Å². The third-order valence-electron chi connectivity index (χ3n) is 4.38. The number of hydrogen-bond donors (Lipinski definition) is 0. The zero-order chi connectivity index (χ0) is 13.6. The van der Waals surface area contributed by atoms with E-state index in [0.717, 1.165) is 19.3 Å². The van der Waals surface area contributed by atoms with Gasteiger partial charge >= 0.3 is 11.9 Å². The Labute approximate surface area is 111 Å². The van der Waals surface area contributed by atoms with Crippen LogP contribution in [0, 0.1) is 11.8 Å². The molecule has 0 aromatic rings. The summed E-state index contributed by atoms with van der Waals surface area (Å²) in [6.45, 7) is 0. The van der Waals surface area contributed by atoms with Crippen LogP contribution < -0.4 is 0 Å². The van der Waals surface area contributed by atoms with Crippen LogP contribution in [0.25, 0.3) is 0 Å². The molecule has 0 N–H and O–H groups in total. The summed E-state index contributed by atoms with van der Waals surface area (Å²) in [4.78, 5) is 23.5. The monoisotopic (exact) mass is 270 g/mol. The van der Waals surface area contributed by atoms with Gasteiger partial charge in [0.15, 0.2) is 18.0 Å². The molecular formula is C13H18O6. The number of hydrogen-bond acceptors (Lipinski definition) is 6. The molecule has 1 saturated heterocycles. The highest BCUT2D eigenvalue weighted by atomic mass is 16.8. The first-order valence-electron chi connectivity index (χ1n) is 6.62. The molecular weight excluding hydrogens is 252 g/mol. The van der Waals surface area contributed by atoms with E-state index >= 15 is 0 Å². The van der Waals surface area contributed by atoms with Gasteiger partial charge in [-0.1, -0.05) is 0 Å². The Bertz CT molecular complexity index is 382. The van der Waals surface area contributed by atoms with Gasteiger partial charge in [0, 0.05) is 12.3 Å². The van der Waals surface area contributed by atoms with Crippen LogP contribution in [-0.4, -0.2) is 44.2 Å². The summed E-state index contributed by atoms with van der Waals surface area (Å²) in [6, 6.07) is 0. The Morgan fingerprint density at radius 2 is 1.68 bits per heavy atom. The van der Waals surface area contributed by atoms with Gasteiger partial charge in [0.05, 0.1) is 14.2 Å². The number of methoxy groups -OCH3 is 2. The number of ether oxygens (including phenoxy) is 4. The summed E-state index contributed by atoms with van der Waals surface area (Å²) < 4.78 is 21.0. The summed E-state index contributed by atoms with van der Waals surface area (Å²) in [6.07, 6.45) is 1.89. The molecule has 0 aromatic heterocycles. The van der Waals surface area contributed by atoms with E-state index in [0.29, 0.717) is 11.8 Å². The molecule has 3 aliphatic rings.